The zero-order chi connectivity index (χ0) is 13.0. The van der Waals surface area contributed by atoms with Gasteiger partial charge in [0.2, 0.25) is 0 Å². The summed E-state index contributed by atoms with van der Waals surface area (Å²) < 4.78 is 5.23. The standard InChI is InChI=1S/C11H12N4O3/c1-18-9-5-3-2-4-7(9)8(6-10(16)17)11-12-14-15-13-11/h2-5,8H,6H2,1H3,(H,16,17)(H,12,13,14,15). The van der Waals surface area contributed by atoms with Crippen LogP contribution in [0.4, 0.5) is 0 Å². The number of benzene rings is 1. The fourth-order valence-corrected chi connectivity index (χ4v) is 1.79. The van der Waals surface area contributed by atoms with Crippen LogP contribution in [0, 0.1) is 0 Å². The molecule has 0 saturated heterocycles. The van der Waals surface area contributed by atoms with Gasteiger partial charge in [-0.25, -0.2) is 0 Å². The highest BCUT2D eigenvalue weighted by atomic mass is 16.5. The van der Waals surface area contributed by atoms with Gasteiger partial charge in [-0.1, -0.05) is 23.4 Å². The number of ether oxygens (including phenoxy) is 1. The fourth-order valence-electron chi connectivity index (χ4n) is 1.79. The van der Waals surface area contributed by atoms with E-state index in [1.165, 1.54) is 7.11 Å². The molecule has 0 radical (unpaired) electrons. The second-order valence-corrected chi connectivity index (χ2v) is 3.66. The van der Waals surface area contributed by atoms with Crippen molar-refractivity contribution in [1.29, 1.82) is 0 Å². The Kier molecular flexibility index (Phi) is 3.52. The number of aromatic amines is 1. The number of H-pyrrole nitrogens is 1. The molecule has 0 amide bonds. The van der Waals surface area contributed by atoms with Crippen LogP contribution in [0.2, 0.25) is 0 Å². The van der Waals surface area contributed by atoms with Crippen molar-refractivity contribution in [2.45, 2.75) is 12.3 Å². The first kappa shape index (κ1) is 12.0. The second-order valence-electron chi connectivity index (χ2n) is 3.66. The Morgan fingerprint density at radius 2 is 2.28 bits per heavy atom. The normalized spacial score (nSPS) is 12.1. The van der Waals surface area contributed by atoms with Gasteiger partial charge < -0.3 is 9.84 Å². The van der Waals surface area contributed by atoms with Crippen molar-refractivity contribution in [1.82, 2.24) is 20.6 Å². The van der Waals surface area contributed by atoms with Crippen LogP contribution < -0.4 is 4.74 Å². The van der Waals surface area contributed by atoms with Crippen LogP contribution in [0.1, 0.15) is 23.7 Å². The van der Waals surface area contributed by atoms with E-state index in [9.17, 15) is 4.79 Å². The first-order chi connectivity index (χ1) is 8.72. The fraction of sp³-hybridized carbons (Fsp3) is 0.273. The van der Waals surface area contributed by atoms with E-state index < -0.39 is 11.9 Å². The highest BCUT2D eigenvalue weighted by Crippen LogP contribution is 2.32. The summed E-state index contributed by atoms with van der Waals surface area (Å²) in [6.07, 6.45) is -0.125. The van der Waals surface area contributed by atoms with E-state index in [0.717, 1.165) is 5.56 Å². The topological polar surface area (TPSA) is 101 Å². The number of hydrogen-bond donors (Lipinski definition) is 2. The number of hydrogen-bond acceptors (Lipinski definition) is 5. The minimum Gasteiger partial charge on any atom is -0.496 e. The van der Waals surface area contributed by atoms with Gasteiger partial charge in [0.1, 0.15) is 5.75 Å². The number of para-hydroxylation sites is 1. The predicted octanol–water partition coefficient (Wildman–Crippen LogP) is 0.815. The number of nitrogens with one attached hydrogen (secondary N) is 1. The number of nitrogens with zero attached hydrogens (tertiary/aromatic N) is 3. The van der Waals surface area contributed by atoms with Crippen LogP contribution in [0.5, 0.6) is 5.75 Å². The number of carboxylic acids is 1. The molecule has 0 spiro atoms. The third-order valence-electron chi connectivity index (χ3n) is 2.57. The number of aromatic nitrogens is 4. The number of methoxy groups -OCH3 is 1. The Balaban J connectivity index is 2.43. The average Bonchev–Trinajstić information content (AvgIpc) is 2.89. The van der Waals surface area contributed by atoms with Gasteiger partial charge in [0.25, 0.3) is 0 Å². The Morgan fingerprint density at radius 1 is 1.50 bits per heavy atom. The molecule has 0 aliphatic heterocycles. The minimum absolute atomic E-state index is 0.125. The van der Waals surface area contributed by atoms with Gasteiger partial charge in [-0.15, -0.1) is 10.2 Å². The maximum absolute atomic E-state index is 11.0. The molecule has 2 aromatic rings. The number of carbonyl (C=O) groups is 1. The van der Waals surface area contributed by atoms with Crippen molar-refractivity contribution in [3.05, 3.63) is 35.7 Å². The van der Waals surface area contributed by atoms with Crippen LogP contribution in [0.25, 0.3) is 0 Å². The van der Waals surface area contributed by atoms with Crippen molar-refractivity contribution in [3.8, 4) is 5.75 Å². The molecular weight excluding hydrogens is 236 g/mol. The van der Waals surface area contributed by atoms with E-state index in [1.807, 2.05) is 12.1 Å². The Labute approximate surface area is 103 Å². The first-order valence-electron chi connectivity index (χ1n) is 5.30. The summed E-state index contributed by atoms with van der Waals surface area (Å²) in [4.78, 5) is 11.0. The Bertz CT molecular complexity index is 527. The maximum Gasteiger partial charge on any atom is 0.304 e. The zero-order valence-electron chi connectivity index (χ0n) is 9.70. The molecule has 0 aliphatic rings. The molecule has 0 fully saturated rings. The largest absolute Gasteiger partial charge is 0.496 e. The summed E-state index contributed by atoms with van der Waals surface area (Å²) in [5.41, 5.74) is 0.726. The third kappa shape index (κ3) is 2.45. The summed E-state index contributed by atoms with van der Waals surface area (Å²) in [7, 11) is 1.53. The molecule has 0 aliphatic carbocycles. The molecule has 7 nitrogen and oxygen atoms in total. The molecule has 1 heterocycles. The summed E-state index contributed by atoms with van der Waals surface area (Å²) in [5, 5.41) is 22.5. The van der Waals surface area contributed by atoms with Crippen molar-refractivity contribution >= 4 is 5.97 Å². The van der Waals surface area contributed by atoms with Gasteiger partial charge in [-0.3, -0.25) is 4.79 Å². The van der Waals surface area contributed by atoms with E-state index in [1.54, 1.807) is 12.1 Å². The smallest absolute Gasteiger partial charge is 0.304 e. The molecule has 2 N–H and O–H groups in total. The molecule has 94 valence electrons. The van der Waals surface area contributed by atoms with Gasteiger partial charge in [0, 0.05) is 5.56 Å². The highest BCUT2D eigenvalue weighted by Gasteiger charge is 2.24. The predicted molar refractivity (Wildman–Crippen MR) is 61.3 cm³/mol. The van der Waals surface area contributed by atoms with E-state index in [0.29, 0.717) is 11.6 Å². The van der Waals surface area contributed by atoms with Crippen LogP contribution in [-0.4, -0.2) is 38.8 Å². The van der Waals surface area contributed by atoms with Gasteiger partial charge in [-0.2, -0.15) is 5.21 Å². The van der Waals surface area contributed by atoms with Crippen LogP contribution in [-0.2, 0) is 4.79 Å². The van der Waals surface area contributed by atoms with Crippen LogP contribution in [0.3, 0.4) is 0 Å². The van der Waals surface area contributed by atoms with E-state index >= 15 is 0 Å². The molecule has 0 saturated carbocycles. The molecular formula is C11H12N4O3. The van der Waals surface area contributed by atoms with Gasteiger partial charge in [0.05, 0.1) is 19.4 Å². The number of rotatable bonds is 5. The van der Waals surface area contributed by atoms with Crippen molar-refractivity contribution in [3.63, 3.8) is 0 Å². The minimum atomic E-state index is -0.935. The van der Waals surface area contributed by atoms with E-state index in [-0.39, 0.29) is 6.42 Å². The lowest BCUT2D eigenvalue weighted by molar-refractivity contribution is -0.137. The maximum atomic E-state index is 11.0. The van der Waals surface area contributed by atoms with Crippen molar-refractivity contribution < 1.29 is 14.6 Å². The molecule has 2 rings (SSSR count). The average molecular weight is 248 g/mol. The molecule has 1 aromatic heterocycles. The SMILES string of the molecule is COc1ccccc1C(CC(=O)O)c1nn[nH]n1. The Morgan fingerprint density at radius 3 is 2.89 bits per heavy atom. The van der Waals surface area contributed by atoms with Crippen molar-refractivity contribution in [2.24, 2.45) is 0 Å². The summed E-state index contributed by atoms with van der Waals surface area (Å²) in [5.74, 6) is -0.483. The summed E-state index contributed by atoms with van der Waals surface area (Å²) in [6, 6.07) is 7.19. The molecule has 1 aromatic carbocycles. The quantitative estimate of drug-likeness (QED) is 0.812. The van der Waals surface area contributed by atoms with E-state index in [2.05, 4.69) is 20.6 Å². The highest BCUT2D eigenvalue weighted by molar-refractivity contribution is 5.69. The molecule has 1 unspecified atom stereocenters. The monoisotopic (exact) mass is 248 g/mol. The van der Waals surface area contributed by atoms with Gasteiger partial charge >= 0.3 is 5.97 Å². The van der Waals surface area contributed by atoms with Crippen LogP contribution in [0.15, 0.2) is 24.3 Å². The molecule has 0 bridgehead atoms. The lowest BCUT2D eigenvalue weighted by atomic mass is 9.94. The third-order valence-corrected chi connectivity index (χ3v) is 2.57. The van der Waals surface area contributed by atoms with E-state index in [4.69, 9.17) is 9.84 Å². The second kappa shape index (κ2) is 5.26. The van der Waals surface area contributed by atoms with Gasteiger partial charge in [-0.05, 0) is 6.07 Å². The molecule has 18 heavy (non-hydrogen) atoms. The first-order valence-corrected chi connectivity index (χ1v) is 5.30. The Hall–Kier alpha value is -2.44. The summed E-state index contributed by atoms with van der Waals surface area (Å²) in [6.45, 7) is 0. The molecule has 1 atom stereocenters. The number of aliphatic carboxylic acids is 1. The van der Waals surface area contributed by atoms with Crippen molar-refractivity contribution in [2.75, 3.05) is 7.11 Å². The lowest BCUT2D eigenvalue weighted by Gasteiger charge is -2.14. The zero-order valence-corrected chi connectivity index (χ0v) is 9.70. The van der Waals surface area contributed by atoms with Gasteiger partial charge in [0.15, 0.2) is 5.82 Å². The van der Waals surface area contributed by atoms with Crippen LogP contribution >= 0.6 is 0 Å². The summed E-state index contributed by atoms with van der Waals surface area (Å²) >= 11 is 0. The number of tetrazole rings is 1. The number of carboxylic acid groups (broad SMARTS) is 1. The molecule has 7 heteroatoms. The lowest BCUT2D eigenvalue weighted by Crippen LogP contribution is -2.11.